The van der Waals surface area contributed by atoms with Gasteiger partial charge in [0.25, 0.3) is 5.91 Å². The fraction of sp³-hybridized carbons (Fsp3) is 0.176. The Morgan fingerprint density at radius 1 is 1.29 bits per heavy atom. The molecule has 0 aliphatic rings. The molecule has 2 aromatic rings. The van der Waals surface area contributed by atoms with Crippen molar-refractivity contribution in [2.45, 2.75) is 20.3 Å². The number of thiophene rings is 1. The van der Waals surface area contributed by atoms with Crippen molar-refractivity contribution in [1.29, 1.82) is 0 Å². The molecule has 0 bridgehead atoms. The van der Waals surface area contributed by atoms with Gasteiger partial charge in [-0.05, 0) is 42.7 Å². The van der Waals surface area contributed by atoms with Gasteiger partial charge in [-0.1, -0.05) is 36.2 Å². The summed E-state index contributed by atoms with van der Waals surface area (Å²) in [5, 5.41) is 4.05. The molecular formula is C17H16Cl2N2O2S. The van der Waals surface area contributed by atoms with Crippen molar-refractivity contribution in [3.63, 3.8) is 0 Å². The number of primary amides is 1. The number of anilines is 1. The van der Waals surface area contributed by atoms with Gasteiger partial charge in [0.1, 0.15) is 5.00 Å². The van der Waals surface area contributed by atoms with Crippen LogP contribution in [0.25, 0.3) is 6.08 Å². The quantitative estimate of drug-likeness (QED) is 0.736. The van der Waals surface area contributed by atoms with Gasteiger partial charge >= 0.3 is 0 Å². The van der Waals surface area contributed by atoms with E-state index in [-0.39, 0.29) is 5.91 Å². The Bertz CT molecular complexity index is 828. The standard InChI is InChI=1S/C17H16Cl2N2O2S/c1-3-11-9(2)24-17(15(11)16(20)23)21-14(22)7-5-10-4-6-12(18)13(19)8-10/h4-8H,3H2,1-2H3,(H2,20,23)(H,21,22)/b7-5+. The van der Waals surface area contributed by atoms with Crippen molar-refractivity contribution in [1.82, 2.24) is 0 Å². The zero-order valence-electron chi connectivity index (χ0n) is 13.2. The highest BCUT2D eigenvalue weighted by Gasteiger charge is 2.19. The largest absolute Gasteiger partial charge is 0.365 e. The third-order valence-electron chi connectivity index (χ3n) is 3.42. The Morgan fingerprint density at radius 3 is 2.58 bits per heavy atom. The van der Waals surface area contributed by atoms with Crippen LogP contribution in [0.15, 0.2) is 24.3 Å². The van der Waals surface area contributed by atoms with Crippen molar-refractivity contribution < 1.29 is 9.59 Å². The summed E-state index contributed by atoms with van der Waals surface area (Å²) in [6.07, 6.45) is 3.66. The molecule has 0 radical (unpaired) electrons. The maximum absolute atomic E-state index is 12.1. The third kappa shape index (κ3) is 4.17. The first-order valence-corrected chi connectivity index (χ1v) is 8.76. The zero-order chi connectivity index (χ0) is 17.9. The van der Waals surface area contributed by atoms with Crippen LogP contribution in [-0.4, -0.2) is 11.8 Å². The second-order valence-corrected chi connectivity index (χ2v) is 7.09. The first-order chi connectivity index (χ1) is 11.3. The van der Waals surface area contributed by atoms with Gasteiger partial charge in [0.15, 0.2) is 0 Å². The molecule has 1 aromatic heterocycles. The van der Waals surface area contributed by atoms with E-state index in [1.54, 1.807) is 24.3 Å². The molecule has 0 saturated carbocycles. The second kappa shape index (κ2) is 7.83. The molecule has 0 saturated heterocycles. The molecule has 4 nitrogen and oxygen atoms in total. The van der Waals surface area contributed by atoms with Gasteiger partial charge in [0.05, 0.1) is 15.6 Å². The molecule has 0 atom stereocenters. The van der Waals surface area contributed by atoms with E-state index >= 15 is 0 Å². The molecule has 0 spiro atoms. The summed E-state index contributed by atoms with van der Waals surface area (Å²) >= 11 is 13.1. The number of carbonyl (C=O) groups excluding carboxylic acids is 2. The molecule has 126 valence electrons. The van der Waals surface area contributed by atoms with Crippen LogP contribution in [-0.2, 0) is 11.2 Å². The molecule has 2 rings (SSSR count). The topological polar surface area (TPSA) is 72.2 Å². The van der Waals surface area contributed by atoms with Gasteiger partial charge in [0, 0.05) is 11.0 Å². The minimum Gasteiger partial charge on any atom is -0.365 e. The Hall–Kier alpha value is -1.82. The lowest BCUT2D eigenvalue weighted by molar-refractivity contribution is -0.111. The van der Waals surface area contributed by atoms with Crippen LogP contribution in [0.1, 0.15) is 33.3 Å². The van der Waals surface area contributed by atoms with Gasteiger partial charge in [0.2, 0.25) is 5.91 Å². The van der Waals surface area contributed by atoms with E-state index < -0.39 is 5.91 Å². The van der Waals surface area contributed by atoms with Crippen LogP contribution in [0.3, 0.4) is 0 Å². The molecule has 0 aliphatic heterocycles. The van der Waals surface area contributed by atoms with Crippen molar-refractivity contribution in [3.8, 4) is 0 Å². The van der Waals surface area contributed by atoms with E-state index in [2.05, 4.69) is 5.32 Å². The second-order valence-electron chi connectivity index (χ2n) is 5.05. The Labute approximate surface area is 154 Å². The molecule has 0 unspecified atom stereocenters. The van der Waals surface area contributed by atoms with Crippen LogP contribution >= 0.6 is 34.5 Å². The van der Waals surface area contributed by atoms with E-state index in [1.165, 1.54) is 17.4 Å². The summed E-state index contributed by atoms with van der Waals surface area (Å²) in [7, 11) is 0. The minimum absolute atomic E-state index is 0.354. The first-order valence-electron chi connectivity index (χ1n) is 7.19. The molecule has 1 aromatic carbocycles. The summed E-state index contributed by atoms with van der Waals surface area (Å²) in [6, 6.07) is 5.06. The van der Waals surface area contributed by atoms with Crippen LogP contribution in [0, 0.1) is 6.92 Å². The van der Waals surface area contributed by atoms with E-state index in [0.29, 0.717) is 27.0 Å². The number of nitrogens with two attached hydrogens (primary N) is 1. The van der Waals surface area contributed by atoms with E-state index in [9.17, 15) is 9.59 Å². The average molecular weight is 383 g/mol. The van der Waals surface area contributed by atoms with Crippen molar-refractivity contribution >= 4 is 57.4 Å². The lowest BCUT2D eigenvalue weighted by atomic mass is 10.1. The van der Waals surface area contributed by atoms with E-state index in [4.69, 9.17) is 28.9 Å². The van der Waals surface area contributed by atoms with Gasteiger partial charge in [-0.3, -0.25) is 9.59 Å². The average Bonchev–Trinajstić information content (AvgIpc) is 2.83. The monoisotopic (exact) mass is 382 g/mol. The number of rotatable bonds is 5. The van der Waals surface area contributed by atoms with Crippen molar-refractivity contribution in [2.24, 2.45) is 5.73 Å². The van der Waals surface area contributed by atoms with Crippen LogP contribution < -0.4 is 11.1 Å². The molecule has 24 heavy (non-hydrogen) atoms. The Balaban J connectivity index is 2.19. The highest BCUT2D eigenvalue weighted by atomic mass is 35.5. The normalized spacial score (nSPS) is 11.0. The fourth-order valence-corrected chi connectivity index (χ4v) is 3.75. The minimum atomic E-state index is -0.542. The fourth-order valence-electron chi connectivity index (χ4n) is 2.29. The van der Waals surface area contributed by atoms with Gasteiger partial charge in [-0.25, -0.2) is 0 Å². The number of hydrogen-bond acceptors (Lipinski definition) is 3. The lowest BCUT2D eigenvalue weighted by Crippen LogP contribution is -2.16. The lowest BCUT2D eigenvalue weighted by Gasteiger charge is -2.03. The van der Waals surface area contributed by atoms with Crippen LogP contribution in [0.4, 0.5) is 5.00 Å². The van der Waals surface area contributed by atoms with E-state index in [0.717, 1.165) is 16.0 Å². The highest BCUT2D eigenvalue weighted by Crippen LogP contribution is 2.33. The van der Waals surface area contributed by atoms with Crippen LogP contribution in [0.5, 0.6) is 0 Å². The smallest absolute Gasteiger partial charge is 0.251 e. The predicted molar refractivity (Wildman–Crippen MR) is 101 cm³/mol. The number of aryl methyl sites for hydroxylation is 1. The summed E-state index contributed by atoms with van der Waals surface area (Å²) in [5.74, 6) is -0.896. The van der Waals surface area contributed by atoms with Crippen LogP contribution in [0.2, 0.25) is 10.0 Å². The van der Waals surface area contributed by atoms with Crippen molar-refractivity contribution in [2.75, 3.05) is 5.32 Å². The Kier molecular flexibility index (Phi) is 6.04. The summed E-state index contributed by atoms with van der Waals surface area (Å²) in [4.78, 5) is 24.8. The van der Waals surface area contributed by atoms with Crippen molar-refractivity contribution in [3.05, 3.63) is 55.9 Å². The molecule has 0 aliphatic carbocycles. The Morgan fingerprint density at radius 2 is 2.00 bits per heavy atom. The number of hydrogen-bond donors (Lipinski definition) is 2. The summed E-state index contributed by atoms with van der Waals surface area (Å²) in [5.41, 5.74) is 7.45. The molecule has 7 heteroatoms. The van der Waals surface area contributed by atoms with Gasteiger partial charge < -0.3 is 11.1 Å². The van der Waals surface area contributed by atoms with Gasteiger partial charge in [-0.15, -0.1) is 11.3 Å². The zero-order valence-corrected chi connectivity index (χ0v) is 15.5. The number of nitrogens with one attached hydrogen (secondary N) is 1. The van der Waals surface area contributed by atoms with Gasteiger partial charge in [-0.2, -0.15) is 0 Å². The molecule has 2 amide bonds. The maximum atomic E-state index is 12.1. The number of carbonyl (C=O) groups is 2. The predicted octanol–water partition coefficient (Wildman–Crippen LogP) is 4.68. The van der Waals surface area contributed by atoms with E-state index in [1.807, 2.05) is 13.8 Å². The molecular weight excluding hydrogens is 367 g/mol. The highest BCUT2D eigenvalue weighted by molar-refractivity contribution is 7.16. The summed E-state index contributed by atoms with van der Waals surface area (Å²) in [6.45, 7) is 3.84. The number of benzene rings is 1. The molecule has 1 heterocycles. The molecule has 0 fully saturated rings. The number of amides is 2. The summed E-state index contributed by atoms with van der Waals surface area (Å²) < 4.78 is 0. The third-order valence-corrected chi connectivity index (χ3v) is 5.22. The number of halogens is 2. The maximum Gasteiger partial charge on any atom is 0.251 e. The molecule has 3 N–H and O–H groups in total. The first kappa shape index (κ1) is 18.5. The SMILES string of the molecule is CCc1c(C)sc(NC(=O)/C=C/c2ccc(Cl)c(Cl)c2)c1C(N)=O.